The first-order valence-electron chi connectivity index (χ1n) is 6.48. The largest absolute Gasteiger partial charge is 0.482 e. The Labute approximate surface area is 129 Å². The molecule has 0 aromatic heterocycles. The summed E-state index contributed by atoms with van der Waals surface area (Å²) in [5.74, 6) is 0.0673. The van der Waals surface area contributed by atoms with E-state index in [0.717, 1.165) is 12.8 Å². The van der Waals surface area contributed by atoms with Crippen molar-refractivity contribution in [3.05, 3.63) is 27.7 Å². The van der Waals surface area contributed by atoms with Crippen molar-refractivity contribution in [1.29, 1.82) is 0 Å². The third-order valence-corrected chi connectivity index (χ3v) is 3.23. The van der Waals surface area contributed by atoms with Gasteiger partial charge in [-0.05, 0) is 25.5 Å². The van der Waals surface area contributed by atoms with Crippen molar-refractivity contribution >= 4 is 29.1 Å². The van der Waals surface area contributed by atoms with Crippen LogP contribution in [0.1, 0.15) is 32.3 Å². The molecule has 1 atom stereocenters. The van der Waals surface area contributed by atoms with Gasteiger partial charge in [0.25, 0.3) is 5.91 Å². The maximum Gasteiger partial charge on any atom is 0.258 e. The molecule has 112 valence electrons. The number of ether oxygens (including phenoxy) is 1. The fourth-order valence-electron chi connectivity index (χ4n) is 1.85. The molecule has 0 spiro atoms. The van der Waals surface area contributed by atoms with E-state index in [0.29, 0.717) is 10.6 Å². The van der Waals surface area contributed by atoms with Crippen molar-refractivity contribution in [3.63, 3.8) is 0 Å². The van der Waals surface area contributed by atoms with E-state index in [1.165, 1.54) is 6.07 Å². The molecule has 0 aliphatic heterocycles. The SMILES string of the molecule is CCCC(C)NC(=O)COc1c(Cl)cc(Cl)cc1CO. The summed E-state index contributed by atoms with van der Waals surface area (Å²) in [5, 5.41) is 12.8. The molecule has 1 amide bonds. The van der Waals surface area contributed by atoms with Crippen molar-refractivity contribution in [1.82, 2.24) is 5.32 Å². The standard InChI is InChI=1S/C14H19Cl2NO3/c1-3-4-9(2)17-13(19)8-20-14-10(7-18)5-11(15)6-12(14)16/h5-6,9,18H,3-4,7-8H2,1-2H3,(H,17,19). The van der Waals surface area contributed by atoms with E-state index >= 15 is 0 Å². The van der Waals surface area contributed by atoms with Crippen molar-refractivity contribution in [2.45, 2.75) is 39.3 Å². The molecule has 4 nitrogen and oxygen atoms in total. The zero-order valence-corrected chi connectivity index (χ0v) is 13.1. The molecule has 1 unspecified atom stereocenters. The predicted molar refractivity (Wildman–Crippen MR) is 80.4 cm³/mol. The molecule has 0 bridgehead atoms. The molecule has 0 saturated carbocycles. The summed E-state index contributed by atoms with van der Waals surface area (Å²) in [6, 6.07) is 3.17. The number of carbonyl (C=O) groups is 1. The van der Waals surface area contributed by atoms with Gasteiger partial charge in [-0.3, -0.25) is 4.79 Å². The van der Waals surface area contributed by atoms with Gasteiger partial charge < -0.3 is 15.2 Å². The topological polar surface area (TPSA) is 58.6 Å². The highest BCUT2D eigenvalue weighted by molar-refractivity contribution is 6.35. The van der Waals surface area contributed by atoms with Crippen molar-refractivity contribution in [2.75, 3.05) is 6.61 Å². The van der Waals surface area contributed by atoms with Crippen LogP contribution in [0.2, 0.25) is 10.0 Å². The lowest BCUT2D eigenvalue weighted by atomic mass is 10.2. The second-order valence-electron chi connectivity index (χ2n) is 4.58. The maximum atomic E-state index is 11.7. The molecule has 1 aromatic carbocycles. The van der Waals surface area contributed by atoms with Gasteiger partial charge in [0.1, 0.15) is 5.75 Å². The number of aliphatic hydroxyl groups excluding tert-OH is 1. The Morgan fingerprint density at radius 2 is 2.15 bits per heavy atom. The van der Waals surface area contributed by atoms with Crippen LogP contribution in [0.25, 0.3) is 0 Å². The van der Waals surface area contributed by atoms with E-state index in [4.69, 9.17) is 27.9 Å². The molecule has 20 heavy (non-hydrogen) atoms. The number of rotatable bonds is 7. The van der Waals surface area contributed by atoms with Crippen molar-refractivity contribution in [3.8, 4) is 5.75 Å². The van der Waals surface area contributed by atoms with Crippen molar-refractivity contribution in [2.24, 2.45) is 0 Å². The average molecular weight is 320 g/mol. The van der Waals surface area contributed by atoms with Gasteiger partial charge in [0, 0.05) is 16.6 Å². The van der Waals surface area contributed by atoms with Crippen LogP contribution in [0, 0.1) is 0 Å². The molecule has 0 heterocycles. The molecule has 1 rings (SSSR count). The average Bonchev–Trinajstić information content (AvgIpc) is 2.36. The van der Waals surface area contributed by atoms with Gasteiger partial charge in [-0.25, -0.2) is 0 Å². The molecule has 1 aromatic rings. The Balaban J connectivity index is 2.63. The molecule has 6 heteroatoms. The van der Waals surface area contributed by atoms with Gasteiger partial charge in [-0.1, -0.05) is 36.5 Å². The minimum absolute atomic E-state index is 0.106. The first-order valence-corrected chi connectivity index (χ1v) is 7.24. The number of hydrogen-bond donors (Lipinski definition) is 2. The van der Waals surface area contributed by atoms with E-state index in [-0.39, 0.29) is 35.9 Å². The highest BCUT2D eigenvalue weighted by Crippen LogP contribution is 2.32. The van der Waals surface area contributed by atoms with Crippen molar-refractivity contribution < 1.29 is 14.6 Å². The molecule has 0 radical (unpaired) electrons. The first kappa shape index (κ1) is 17.1. The van der Waals surface area contributed by atoms with E-state index < -0.39 is 0 Å². The zero-order chi connectivity index (χ0) is 15.1. The number of carbonyl (C=O) groups excluding carboxylic acids is 1. The van der Waals surface area contributed by atoms with Gasteiger partial charge in [-0.2, -0.15) is 0 Å². The predicted octanol–water partition coefficient (Wildman–Crippen LogP) is 3.17. The maximum absolute atomic E-state index is 11.7. The number of nitrogens with one attached hydrogen (secondary N) is 1. The third-order valence-electron chi connectivity index (χ3n) is 2.73. The second-order valence-corrected chi connectivity index (χ2v) is 5.42. The Kier molecular flexibility index (Phi) is 7.13. The van der Waals surface area contributed by atoms with E-state index in [1.54, 1.807) is 6.07 Å². The normalized spacial score (nSPS) is 12.1. The van der Waals surface area contributed by atoms with Gasteiger partial charge >= 0.3 is 0 Å². The summed E-state index contributed by atoms with van der Waals surface area (Å²) < 4.78 is 5.39. The van der Waals surface area contributed by atoms with Crippen LogP contribution in [-0.2, 0) is 11.4 Å². The number of hydrogen-bond acceptors (Lipinski definition) is 3. The van der Waals surface area contributed by atoms with Crippen LogP contribution >= 0.6 is 23.2 Å². The van der Waals surface area contributed by atoms with Gasteiger partial charge in [0.15, 0.2) is 6.61 Å². The zero-order valence-electron chi connectivity index (χ0n) is 11.6. The van der Waals surface area contributed by atoms with E-state index in [2.05, 4.69) is 12.2 Å². The summed E-state index contributed by atoms with van der Waals surface area (Å²) in [4.78, 5) is 11.7. The molecular formula is C14H19Cl2NO3. The second kappa shape index (κ2) is 8.35. The molecular weight excluding hydrogens is 301 g/mol. The van der Waals surface area contributed by atoms with Gasteiger partial charge in [0.05, 0.1) is 11.6 Å². The Bertz CT molecular complexity index is 466. The highest BCUT2D eigenvalue weighted by Gasteiger charge is 2.13. The number of halogens is 2. The minimum atomic E-state index is -0.260. The monoisotopic (exact) mass is 319 g/mol. The molecule has 2 N–H and O–H groups in total. The minimum Gasteiger partial charge on any atom is -0.482 e. The Hall–Kier alpha value is -0.970. The molecule has 0 fully saturated rings. The summed E-state index contributed by atoms with van der Waals surface area (Å²) >= 11 is 11.8. The number of aliphatic hydroxyl groups is 1. The Morgan fingerprint density at radius 3 is 2.75 bits per heavy atom. The molecule has 0 aliphatic carbocycles. The fourth-order valence-corrected chi connectivity index (χ4v) is 2.44. The molecule has 0 saturated heterocycles. The first-order chi connectivity index (χ1) is 9.47. The number of benzene rings is 1. The Morgan fingerprint density at radius 1 is 1.45 bits per heavy atom. The lowest BCUT2D eigenvalue weighted by Crippen LogP contribution is -2.36. The van der Waals surface area contributed by atoms with Gasteiger partial charge in [-0.15, -0.1) is 0 Å². The summed E-state index contributed by atoms with van der Waals surface area (Å²) in [7, 11) is 0. The van der Waals surface area contributed by atoms with Crippen LogP contribution in [0.5, 0.6) is 5.75 Å². The van der Waals surface area contributed by atoms with Crippen LogP contribution in [0.15, 0.2) is 12.1 Å². The molecule has 0 aliphatic rings. The van der Waals surface area contributed by atoms with Crippen LogP contribution in [-0.4, -0.2) is 23.7 Å². The summed E-state index contributed by atoms with van der Waals surface area (Å²) in [6.45, 7) is 3.59. The fraction of sp³-hybridized carbons (Fsp3) is 0.500. The number of amides is 1. The smallest absolute Gasteiger partial charge is 0.258 e. The van der Waals surface area contributed by atoms with E-state index in [1.807, 2.05) is 6.92 Å². The quantitative estimate of drug-likeness (QED) is 0.811. The third kappa shape index (κ3) is 5.19. The van der Waals surface area contributed by atoms with Crippen LogP contribution < -0.4 is 10.1 Å². The van der Waals surface area contributed by atoms with E-state index in [9.17, 15) is 9.90 Å². The lowest BCUT2D eigenvalue weighted by molar-refractivity contribution is -0.123. The van der Waals surface area contributed by atoms with Gasteiger partial charge in [0.2, 0.25) is 0 Å². The summed E-state index contributed by atoms with van der Waals surface area (Å²) in [5.41, 5.74) is 0.455. The lowest BCUT2D eigenvalue weighted by Gasteiger charge is -2.15. The van der Waals surface area contributed by atoms with Crippen LogP contribution in [0.3, 0.4) is 0 Å². The van der Waals surface area contributed by atoms with Crippen LogP contribution in [0.4, 0.5) is 0 Å². The summed E-state index contributed by atoms with van der Waals surface area (Å²) in [6.07, 6.45) is 1.91. The highest BCUT2D eigenvalue weighted by atomic mass is 35.5.